The second kappa shape index (κ2) is 6.43. The molecule has 2 aliphatic carbocycles. The predicted molar refractivity (Wildman–Crippen MR) is 80.4 cm³/mol. The van der Waals surface area contributed by atoms with E-state index < -0.39 is 7.14 Å². The van der Waals surface area contributed by atoms with Crippen molar-refractivity contribution in [3.8, 4) is 0 Å². The van der Waals surface area contributed by atoms with Crippen LogP contribution >= 0.6 is 7.14 Å². The van der Waals surface area contributed by atoms with E-state index in [9.17, 15) is 9.36 Å². The van der Waals surface area contributed by atoms with Gasteiger partial charge in [-0.3, -0.25) is 4.79 Å². The lowest BCUT2D eigenvalue weighted by Crippen LogP contribution is -2.34. The van der Waals surface area contributed by atoms with E-state index in [1.165, 1.54) is 0 Å². The van der Waals surface area contributed by atoms with Gasteiger partial charge in [0.25, 0.3) is 5.65 Å². The Labute approximate surface area is 117 Å². The molecule has 0 aliphatic heterocycles. The molecule has 110 valence electrons. The van der Waals surface area contributed by atoms with Crippen LogP contribution in [0.2, 0.25) is 0 Å². The number of rotatable bonds is 5. The number of carbonyl (C=O) groups is 1. The topological polar surface area (TPSA) is 37.4 Å². The zero-order valence-corrected chi connectivity index (χ0v) is 13.3. The van der Waals surface area contributed by atoms with E-state index in [0.717, 1.165) is 51.4 Å². The Kier molecular flexibility index (Phi) is 5.11. The van der Waals surface area contributed by atoms with Gasteiger partial charge in [-0.05, 0) is 39.5 Å². The Balaban J connectivity index is 2.27. The largest absolute Gasteiger partial charge is 0.337 e. The number of nitrogens with zero attached hydrogens (tertiary/aromatic N) is 1. The lowest BCUT2D eigenvalue weighted by molar-refractivity contribution is 0.224. The molecule has 3 nitrogen and oxygen atoms in total. The highest BCUT2D eigenvalue weighted by atomic mass is 31.2. The molecule has 0 aromatic rings. The van der Waals surface area contributed by atoms with Crippen LogP contribution in [0.25, 0.3) is 0 Å². The molecule has 0 aromatic heterocycles. The van der Waals surface area contributed by atoms with Gasteiger partial charge in [0.15, 0.2) is 7.14 Å². The van der Waals surface area contributed by atoms with Crippen molar-refractivity contribution in [2.75, 3.05) is 13.1 Å². The number of hydrogen-bond acceptors (Lipinski definition) is 2. The van der Waals surface area contributed by atoms with Gasteiger partial charge in [-0.1, -0.05) is 25.7 Å². The maximum absolute atomic E-state index is 13.7. The van der Waals surface area contributed by atoms with Crippen molar-refractivity contribution in [3.05, 3.63) is 0 Å². The van der Waals surface area contributed by atoms with Crippen LogP contribution in [0.1, 0.15) is 65.2 Å². The highest BCUT2D eigenvalue weighted by molar-refractivity contribution is 7.81. The first-order valence-electron chi connectivity index (χ1n) is 8.03. The molecule has 0 radical (unpaired) electrons. The van der Waals surface area contributed by atoms with Crippen LogP contribution in [0, 0.1) is 0 Å². The van der Waals surface area contributed by atoms with E-state index in [1.54, 1.807) is 0 Å². The minimum atomic E-state index is -2.71. The summed E-state index contributed by atoms with van der Waals surface area (Å²) in [6.45, 7) is 5.38. The molecule has 19 heavy (non-hydrogen) atoms. The minimum Gasteiger partial charge on any atom is -0.337 e. The zero-order chi connectivity index (χ0) is 13.9. The highest BCUT2D eigenvalue weighted by Gasteiger charge is 2.49. The zero-order valence-electron chi connectivity index (χ0n) is 12.4. The molecule has 2 aliphatic rings. The van der Waals surface area contributed by atoms with Crippen LogP contribution in [0.15, 0.2) is 0 Å². The summed E-state index contributed by atoms with van der Waals surface area (Å²) < 4.78 is 13.7. The summed E-state index contributed by atoms with van der Waals surface area (Å²) in [6, 6.07) is 0. The van der Waals surface area contributed by atoms with Crippen LogP contribution in [0.5, 0.6) is 0 Å². The van der Waals surface area contributed by atoms with Gasteiger partial charge in [0.05, 0.1) is 0 Å². The normalized spacial score (nSPS) is 22.0. The SMILES string of the molecule is CCN(CC)C(=O)P(=O)(C1CCCC1)C1CCCC1. The Morgan fingerprint density at radius 1 is 0.947 bits per heavy atom. The maximum atomic E-state index is 13.7. The fourth-order valence-corrected chi connectivity index (χ4v) is 8.11. The molecular weight excluding hydrogens is 257 g/mol. The summed E-state index contributed by atoms with van der Waals surface area (Å²) in [5, 5.41) is 0. The number of carbonyl (C=O) groups excluding carboxylic acids is 1. The molecule has 2 fully saturated rings. The Hall–Kier alpha value is -0.300. The molecule has 0 spiro atoms. The van der Waals surface area contributed by atoms with Crippen molar-refractivity contribution < 1.29 is 9.36 Å². The van der Waals surface area contributed by atoms with Gasteiger partial charge < -0.3 is 9.46 Å². The second-order valence-electron chi connectivity index (χ2n) is 6.04. The third-order valence-electron chi connectivity index (χ3n) is 5.07. The summed E-state index contributed by atoms with van der Waals surface area (Å²) in [5.74, 6) is 0. The lowest BCUT2D eigenvalue weighted by Gasteiger charge is -2.33. The van der Waals surface area contributed by atoms with Crippen molar-refractivity contribution >= 4 is 12.8 Å². The minimum absolute atomic E-state index is 0.0105. The monoisotopic (exact) mass is 285 g/mol. The van der Waals surface area contributed by atoms with Crippen molar-refractivity contribution in [2.45, 2.75) is 76.5 Å². The molecule has 0 heterocycles. The molecule has 2 saturated carbocycles. The van der Waals surface area contributed by atoms with Crippen LogP contribution in [-0.4, -0.2) is 35.0 Å². The summed E-state index contributed by atoms with van der Waals surface area (Å²) in [7, 11) is -2.71. The second-order valence-corrected chi connectivity index (χ2v) is 9.30. The van der Waals surface area contributed by atoms with Gasteiger partial charge in [0, 0.05) is 24.4 Å². The van der Waals surface area contributed by atoms with Crippen molar-refractivity contribution in [1.29, 1.82) is 0 Å². The van der Waals surface area contributed by atoms with Gasteiger partial charge in [-0.15, -0.1) is 0 Å². The van der Waals surface area contributed by atoms with Crippen LogP contribution in [-0.2, 0) is 4.57 Å². The Morgan fingerprint density at radius 2 is 1.32 bits per heavy atom. The van der Waals surface area contributed by atoms with Crippen molar-refractivity contribution in [1.82, 2.24) is 4.90 Å². The van der Waals surface area contributed by atoms with E-state index in [1.807, 2.05) is 18.7 Å². The fraction of sp³-hybridized carbons (Fsp3) is 0.933. The van der Waals surface area contributed by atoms with E-state index in [4.69, 9.17) is 0 Å². The Bertz CT molecular complexity index is 333. The van der Waals surface area contributed by atoms with Crippen LogP contribution in [0.4, 0.5) is 4.79 Å². The van der Waals surface area contributed by atoms with Gasteiger partial charge in [-0.25, -0.2) is 0 Å². The van der Waals surface area contributed by atoms with Gasteiger partial charge in [0.2, 0.25) is 0 Å². The molecular formula is C15H28NO2P. The first kappa shape index (κ1) is 15.1. The third kappa shape index (κ3) is 2.77. The molecule has 0 unspecified atom stereocenters. The van der Waals surface area contributed by atoms with E-state index in [-0.39, 0.29) is 17.0 Å². The molecule has 0 N–H and O–H groups in total. The lowest BCUT2D eigenvalue weighted by atomic mass is 10.4. The molecule has 2 rings (SSSR count). The average molecular weight is 285 g/mol. The molecule has 0 atom stereocenters. The first-order chi connectivity index (χ1) is 9.14. The molecule has 0 bridgehead atoms. The summed E-state index contributed by atoms with van der Waals surface area (Å²) in [6.07, 6.45) is 8.70. The summed E-state index contributed by atoms with van der Waals surface area (Å²) in [5.41, 5.74) is 0.406. The van der Waals surface area contributed by atoms with E-state index in [0.29, 0.717) is 13.1 Å². The fourth-order valence-electron chi connectivity index (χ4n) is 3.90. The highest BCUT2D eigenvalue weighted by Crippen LogP contribution is 2.65. The van der Waals surface area contributed by atoms with E-state index in [2.05, 4.69) is 0 Å². The summed E-state index contributed by atoms with van der Waals surface area (Å²) >= 11 is 0. The predicted octanol–water partition coefficient (Wildman–Crippen LogP) is 4.70. The smallest absolute Gasteiger partial charge is 0.281 e. The quantitative estimate of drug-likeness (QED) is 0.687. The number of hydrogen-bond donors (Lipinski definition) is 0. The third-order valence-corrected chi connectivity index (χ3v) is 9.15. The molecule has 0 aromatic carbocycles. The van der Waals surface area contributed by atoms with Crippen LogP contribution < -0.4 is 0 Å². The molecule has 4 heteroatoms. The molecule has 0 saturated heterocycles. The van der Waals surface area contributed by atoms with Crippen molar-refractivity contribution in [2.24, 2.45) is 0 Å². The van der Waals surface area contributed by atoms with Gasteiger partial charge in [0.1, 0.15) is 0 Å². The number of amides is 1. The average Bonchev–Trinajstić information content (AvgIpc) is 3.12. The van der Waals surface area contributed by atoms with E-state index >= 15 is 0 Å². The maximum Gasteiger partial charge on any atom is 0.281 e. The summed E-state index contributed by atoms with van der Waals surface area (Å²) in [4.78, 5) is 14.7. The van der Waals surface area contributed by atoms with Gasteiger partial charge in [-0.2, -0.15) is 0 Å². The Morgan fingerprint density at radius 3 is 1.63 bits per heavy atom. The van der Waals surface area contributed by atoms with Crippen molar-refractivity contribution in [3.63, 3.8) is 0 Å². The van der Waals surface area contributed by atoms with Crippen LogP contribution in [0.3, 0.4) is 0 Å². The van der Waals surface area contributed by atoms with Gasteiger partial charge >= 0.3 is 0 Å². The first-order valence-corrected chi connectivity index (χ1v) is 9.88. The molecule has 1 amide bonds. The standard InChI is InChI=1S/C15H28NO2P/c1-3-16(4-2)15(17)19(18,13-9-5-6-10-13)14-11-7-8-12-14/h13-14H,3-12H2,1-2H3.